The van der Waals surface area contributed by atoms with Gasteiger partial charge in [0.15, 0.2) is 22.8 Å². The molecule has 68 heavy (non-hydrogen) atoms. The van der Waals surface area contributed by atoms with E-state index in [0.717, 1.165) is 16.7 Å². The summed E-state index contributed by atoms with van der Waals surface area (Å²) < 4.78 is 54.4. The molecule has 0 N–H and O–H groups in total. The number of pyridine rings is 4. The highest BCUT2D eigenvalue weighted by atomic mass is 15.0. The Bertz CT molecular complexity index is 3190. The smallest absolute Gasteiger partial charge is 0.198 e. The lowest BCUT2D eigenvalue weighted by Crippen LogP contribution is -2.36. The molecule has 8 rings (SSSR count). The van der Waals surface area contributed by atoms with E-state index < -0.39 is 13.7 Å². The summed E-state index contributed by atoms with van der Waals surface area (Å²) in [6.45, 7) is 25.1. The molecule has 4 heteroatoms. The molecule has 0 aliphatic rings. The van der Waals surface area contributed by atoms with Gasteiger partial charge in [0.2, 0.25) is 22.8 Å². The number of rotatable bonds is 4. The summed E-state index contributed by atoms with van der Waals surface area (Å²) in [5.74, 6) is 0. The maximum absolute atomic E-state index is 7.75. The van der Waals surface area contributed by atoms with Crippen molar-refractivity contribution in [3.05, 3.63) is 211 Å². The second kappa shape index (κ2) is 22.5. The minimum absolute atomic E-state index is 0.131. The Morgan fingerprint density at radius 3 is 1.06 bits per heavy atom. The molecule has 4 aromatic heterocycles. The van der Waals surface area contributed by atoms with Crippen LogP contribution in [-0.2, 0) is 28.2 Å². The molecule has 0 spiro atoms. The maximum Gasteiger partial charge on any atom is 0.215 e. The first kappa shape index (κ1) is 44.0. The Labute approximate surface area is 419 Å². The SMILES string of the molecule is Cc1cccc(-c2ccc(C)c(C)[n+]2C)c1C.Cc1ccccc1-c1c(C)c(C)cc(C)[n+]1C.Cc1ccccc1-c1c(C)c(C)cc(C)[n+]1C.[2H]C([2H])([2H])c1ccc(-c2cccc(C)c2C)[n+](C)c1C([2H])([2H])[2H]. The minimum atomic E-state index is -2.51. The second-order valence-corrected chi connectivity index (χ2v) is 18.7. The van der Waals surface area contributed by atoms with Crippen molar-refractivity contribution in [2.75, 3.05) is 0 Å². The van der Waals surface area contributed by atoms with Crippen LogP contribution < -0.4 is 18.3 Å². The zero-order valence-electron chi connectivity index (χ0n) is 50.3. The van der Waals surface area contributed by atoms with Gasteiger partial charge in [-0.15, -0.1) is 0 Å². The molecule has 4 heterocycles. The molecule has 0 aliphatic heterocycles. The summed E-state index contributed by atoms with van der Waals surface area (Å²) in [6, 6.07) is 41.5. The van der Waals surface area contributed by atoms with E-state index in [-0.39, 0.29) is 11.3 Å². The molecule has 0 radical (unpaired) electrons. The van der Waals surface area contributed by atoms with Gasteiger partial charge in [-0.2, -0.15) is 18.3 Å². The number of benzene rings is 4. The van der Waals surface area contributed by atoms with Crippen molar-refractivity contribution in [2.45, 2.75) is 111 Å². The van der Waals surface area contributed by atoms with E-state index in [1.165, 1.54) is 112 Å². The molecule has 0 saturated carbocycles. The van der Waals surface area contributed by atoms with Gasteiger partial charge in [-0.05, 0) is 164 Å². The van der Waals surface area contributed by atoms with E-state index in [1.807, 2.05) is 32.0 Å². The summed E-state index contributed by atoms with van der Waals surface area (Å²) in [4.78, 5) is 0. The second-order valence-electron chi connectivity index (χ2n) is 18.7. The summed E-state index contributed by atoms with van der Waals surface area (Å²) >= 11 is 0. The number of aryl methyl sites for hydroxylation is 10. The van der Waals surface area contributed by atoms with Crippen LogP contribution in [0.25, 0.3) is 45.0 Å². The normalized spacial score (nSPS) is 12.3. The highest BCUT2D eigenvalue weighted by Crippen LogP contribution is 2.28. The monoisotopic (exact) mass is 911 g/mol. The maximum atomic E-state index is 7.75. The van der Waals surface area contributed by atoms with Gasteiger partial charge in [0.25, 0.3) is 0 Å². The van der Waals surface area contributed by atoms with Crippen molar-refractivity contribution in [1.29, 1.82) is 0 Å². The van der Waals surface area contributed by atoms with Gasteiger partial charge < -0.3 is 0 Å². The lowest BCUT2D eigenvalue weighted by Gasteiger charge is -2.10. The van der Waals surface area contributed by atoms with Crippen molar-refractivity contribution in [3.63, 3.8) is 0 Å². The number of hydrogen-bond donors (Lipinski definition) is 0. The first-order valence-electron chi connectivity index (χ1n) is 26.7. The average Bonchev–Trinajstić information content (AvgIpc) is 3.33. The highest BCUT2D eigenvalue weighted by molar-refractivity contribution is 5.67. The molecule has 0 amide bonds. The third-order valence-corrected chi connectivity index (χ3v) is 14.3. The predicted octanol–water partition coefficient (Wildman–Crippen LogP) is 13.6. The Kier molecular flexibility index (Phi) is 14.6. The highest BCUT2D eigenvalue weighted by Gasteiger charge is 2.22. The minimum Gasteiger partial charge on any atom is -0.198 e. The Balaban J connectivity index is 0.000000184. The van der Waals surface area contributed by atoms with Gasteiger partial charge in [-0.25, -0.2) is 0 Å². The number of nitrogens with zero attached hydrogens (tertiary/aromatic N) is 4. The van der Waals surface area contributed by atoms with Gasteiger partial charge in [-0.3, -0.25) is 0 Å². The molecule has 4 nitrogen and oxygen atoms in total. The number of hydrogen-bond acceptors (Lipinski definition) is 0. The number of aromatic nitrogens is 4. The average molecular weight is 911 g/mol. The van der Waals surface area contributed by atoms with Crippen molar-refractivity contribution in [2.24, 2.45) is 28.2 Å². The van der Waals surface area contributed by atoms with E-state index in [0.29, 0.717) is 5.69 Å². The third kappa shape index (κ3) is 11.4. The van der Waals surface area contributed by atoms with Crippen LogP contribution in [0.4, 0.5) is 0 Å². The summed E-state index contributed by atoms with van der Waals surface area (Å²) in [5, 5.41) is 0. The standard InChI is InChI=1S/4C16H20N/c2*1-11-7-6-8-15(13(11)3)16-10-9-12(2)14(4)17(16)5;2*1-11-8-6-7-9-15(11)16-14(4)12(2)10-13(3)17(16)5/h4*6-10H,1-5H3/q4*+1/i2D3,4D3;;;. The van der Waals surface area contributed by atoms with E-state index in [9.17, 15) is 0 Å². The fourth-order valence-electron chi connectivity index (χ4n) is 8.84. The Hall–Kier alpha value is -6.52. The topological polar surface area (TPSA) is 15.5 Å². The van der Waals surface area contributed by atoms with Gasteiger partial charge >= 0.3 is 0 Å². The lowest BCUT2D eigenvalue weighted by atomic mass is 9.98. The largest absolute Gasteiger partial charge is 0.215 e. The molecule has 4 aromatic carbocycles. The van der Waals surface area contributed by atoms with Crippen molar-refractivity contribution >= 4 is 0 Å². The molecule has 0 unspecified atom stereocenters. The van der Waals surface area contributed by atoms with Crippen LogP contribution in [0.5, 0.6) is 0 Å². The molecule has 0 aliphatic carbocycles. The van der Waals surface area contributed by atoms with Crippen LogP contribution in [0.3, 0.4) is 0 Å². The summed E-state index contributed by atoms with van der Waals surface area (Å²) in [5.41, 5.74) is 27.5. The third-order valence-electron chi connectivity index (χ3n) is 14.3. The zero-order chi connectivity index (χ0) is 55.3. The van der Waals surface area contributed by atoms with Crippen LogP contribution in [0.2, 0.25) is 0 Å². The summed E-state index contributed by atoms with van der Waals surface area (Å²) in [6.07, 6.45) is 0. The van der Waals surface area contributed by atoms with E-state index >= 15 is 0 Å². The van der Waals surface area contributed by atoms with E-state index in [1.54, 1.807) is 13.1 Å². The first-order valence-corrected chi connectivity index (χ1v) is 23.7. The van der Waals surface area contributed by atoms with Gasteiger partial charge in [0.1, 0.15) is 28.2 Å². The zero-order valence-corrected chi connectivity index (χ0v) is 44.3. The van der Waals surface area contributed by atoms with Gasteiger partial charge in [-0.1, -0.05) is 60.7 Å². The molecule has 0 saturated heterocycles. The molecule has 0 bridgehead atoms. The first-order chi connectivity index (χ1) is 34.5. The van der Waals surface area contributed by atoms with Crippen LogP contribution in [0.15, 0.2) is 121 Å². The molecular formula is C64H80N4+4. The van der Waals surface area contributed by atoms with Crippen LogP contribution in [0, 0.1) is 111 Å². The Morgan fingerprint density at radius 1 is 0.294 bits per heavy atom. The quantitative estimate of drug-likeness (QED) is 0.156. The molecule has 0 atom stereocenters. The molecule has 0 fully saturated rings. The van der Waals surface area contributed by atoms with Crippen LogP contribution in [-0.4, -0.2) is 0 Å². The van der Waals surface area contributed by atoms with E-state index in [4.69, 9.17) is 8.22 Å². The Morgan fingerprint density at radius 2 is 0.662 bits per heavy atom. The van der Waals surface area contributed by atoms with Crippen molar-refractivity contribution < 1.29 is 26.5 Å². The van der Waals surface area contributed by atoms with Crippen molar-refractivity contribution in [3.8, 4) is 45.0 Å². The predicted molar refractivity (Wildman–Crippen MR) is 288 cm³/mol. The molecular weight excluding hydrogens is 825 g/mol. The van der Waals surface area contributed by atoms with Crippen LogP contribution in [0.1, 0.15) is 97.8 Å². The fourth-order valence-corrected chi connectivity index (χ4v) is 8.84. The van der Waals surface area contributed by atoms with Crippen LogP contribution >= 0.6 is 0 Å². The fraction of sp³-hybridized carbons (Fsp3) is 0.312. The lowest BCUT2D eigenvalue weighted by molar-refractivity contribution is -0.667. The van der Waals surface area contributed by atoms with E-state index in [2.05, 4.69) is 209 Å². The molecule has 8 aromatic rings. The summed E-state index contributed by atoms with van der Waals surface area (Å²) in [7, 11) is 8.03. The van der Waals surface area contributed by atoms with Gasteiger partial charge in [0.05, 0.1) is 0 Å². The molecule has 352 valence electrons. The van der Waals surface area contributed by atoms with Gasteiger partial charge in [0, 0.05) is 105 Å². The van der Waals surface area contributed by atoms with Crippen molar-refractivity contribution in [1.82, 2.24) is 0 Å².